The van der Waals surface area contributed by atoms with Gasteiger partial charge in [0.05, 0.1) is 22.8 Å². The van der Waals surface area contributed by atoms with Crippen molar-refractivity contribution < 1.29 is 9.53 Å². The number of carbonyl (C=O) groups excluding carboxylic acids is 1. The fourth-order valence-corrected chi connectivity index (χ4v) is 5.31. The van der Waals surface area contributed by atoms with Crippen molar-refractivity contribution in [2.24, 2.45) is 11.8 Å². The average molecular weight is 389 g/mol. The maximum absolute atomic E-state index is 12.5. The maximum Gasteiger partial charge on any atom is 0.252 e. The first-order valence-electron chi connectivity index (χ1n) is 10.1. The van der Waals surface area contributed by atoms with Gasteiger partial charge in [-0.1, -0.05) is 0 Å². The molecule has 148 valence electrons. The minimum absolute atomic E-state index is 0.100. The summed E-state index contributed by atoms with van der Waals surface area (Å²) in [4.78, 5) is 23.3. The van der Waals surface area contributed by atoms with Crippen molar-refractivity contribution in [1.29, 1.82) is 5.26 Å². The van der Waals surface area contributed by atoms with Crippen LogP contribution in [0.15, 0.2) is 36.7 Å². The summed E-state index contributed by atoms with van der Waals surface area (Å²) >= 11 is 0. The van der Waals surface area contributed by atoms with Crippen molar-refractivity contribution in [2.75, 3.05) is 24.5 Å². The molecule has 2 bridgehead atoms. The van der Waals surface area contributed by atoms with Gasteiger partial charge in [-0.15, -0.1) is 0 Å². The highest BCUT2D eigenvalue weighted by molar-refractivity contribution is 5.93. The number of pyridine rings is 2. The average Bonchev–Trinajstić information content (AvgIpc) is 3.41. The van der Waals surface area contributed by atoms with Gasteiger partial charge in [-0.3, -0.25) is 9.78 Å². The van der Waals surface area contributed by atoms with E-state index in [1.54, 1.807) is 24.5 Å². The van der Waals surface area contributed by atoms with Gasteiger partial charge in [-0.25, -0.2) is 4.98 Å². The molecule has 4 atom stereocenters. The molecule has 1 amide bonds. The highest BCUT2D eigenvalue weighted by Gasteiger charge is 2.63. The predicted octanol–water partition coefficient (Wildman–Crippen LogP) is 2.07. The minimum atomic E-state index is -0.188. The van der Waals surface area contributed by atoms with Gasteiger partial charge in [0.25, 0.3) is 5.91 Å². The van der Waals surface area contributed by atoms with Crippen LogP contribution in [0.3, 0.4) is 0 Å². The van der Waals surface area contributed by atoms with E-state index in [1.807, 2.05) is 19.1 Å². The Morgan fingerprint density at radius 1 is 1.45 bits per heavy atom. The zero-order chi connectivity index (χ0) is 20.0. The fourth-order valence-electron chi connectivity index (χ4n) is 5.31. The number of ether oxygens (including phenoxy) is 1. The summed E-state index contributed by atoms with van der Waals surface area (Å²) in [7, 11) is 0. The number of amides is 1. The standard InChI is InChI=1S/C22H23N5O2/c1-14-4-5-15(9-23)20(26-14)27-12-18-17(19-6-7-22(18,13-27)29-19)11-25-21(28)16-3-2-8-24-10-16/h2-5,8,10,17-19H,6-7,11-13H2,1H3,(H,25,28)/t17-,18+,19+,22+/m0/s1. The molecular weight excluding hydrogens is 366 g/mol. The lowest BCUT2D eigenvalue weighted by molar-refractivity contribution is 0.0141. The molecule has 0 aromatic carbocycles. The van der Waals surface area contributed by atoms with Crippen LogP contribution in [0.4, 0.5) is 5.82 Å². The lowest BCUT2D eigenvalue weighted by Crippen LogP contribution is -2.41. The molecule has 5 heterocycles. The number of fused-ring (bicyclic) bond motifs is 1. The molecule has 0 saturated carbocycles. The second-order valence-electron chi connectivity index (χ2n) is 8.30. The predicted molar refractivity (Wildman–Crippen MR) is 106 cm³/mol. The van der Waals surface area contributed by atoms with Crippen LogP contribution in [0.5, 0.6) is 0 Å². The number of nitrogens with one attached hydrogen (secondary N) is 1. The molecule has 5 rings (SSSR count). The molecule has 7 nitrogen and oxygen atoms in total. The molecule has 7 heteroatoms. The molecule has 3 aliphatic heterocycles. The Bertz CT molecular complexity index is 988. The zero-order valence-corrected chi connectivity index (χ0v) is 16.3. The number of aromatic nitrogens is 2. The molecule has 2 aromatic rings. The third-order valence-electron chi connectivity index (χ3n) is 6.64. The van der Waals surface area contributed by atoms with Crippen molar-refractivity contribution in [3.8, 4) is 6.07 Å². The Balaban J connectivity index is 1.34. The Labute approximate surface area is 169 Å². The molecule has 0 radical (unpaired) electrons. The summed E-state index contributed by atoms with van der Waals surface area (Å²) in [6, 6.07) is 9.51. The summed E-state index contributed by atoms with van der Waals surface area (Å²) in [5.74, 6) is 1.24. The van der Waals surface area contributed by atoms with Crippen molar-refractivity contribution in [1.82, 2.24) is 15.3 Å². The molecule has 1 spiro atoms. The van der Waals surface area contributed by atoms with Crippen LogP contribution < -0.4 is 10.2 Å². The second-order valence-corrected chi connectivity index (χ2v) is 8.30. The van der Waals surface area contributed by atoms with Gasteiger partial charge in [-0.05, 0) is 44.0 Å². The van der Waals surface area contributed by atoms with Gasteiger partial charge in [0, 0.05) is 49.6 Å². The van der Waals surface area contributed by atoms with Crippen molar-refractivity contribution in [2.45, 2.75) is 31.5 Å². The third kappa shape index (κ3) is 2.95. The summed E-state index contributed by atoms with van der Waals surface area (Å²) in [5.41, 5.74) is 1.89. The van der Waals surface area contributed by atoms with Gasteiger partial charge in [-0.2, -0.15) is 5.26 Å². The largest absolute Gasteiger partial charge is 0.369 e. The van der Waals surface area contributed by atoms with E-state index in [0.717, 1.165) is 37.4 Å². The number of carbonyl (C=O) groups is 1. The van der Waals surface area contributed by atoms with E-state index < -0.39 is 0 Å². The van der Waals surface area contributed by atoms with Crippen LogP contribution in [0.25, 0.3) is 0 Å². The lowest BCUT2D eigenvalue weighted by atomic mass is 9.73. The molecule has 3 saturated heterocycles. The smallest absolute Gasteiger partial charge is 0.252 e. The first kappa shape index (κ1) is 18.1. The molecule has 1 N–H and O–H groups in total. The van der Waals surface area contributed by atoms with E-state index in [9.17, 15) is 10.1 Å². The van der Waals surface area contributed by atoms with E-state index in [2.05, 4.69) is 26.3 Å². The minimum Gasteiger partial charge on any atom is -0.369 e. The molecular formula is C22H23N5O2. The highest BCUT2D eigenvalue weighted by atomic mass is 16.5. The van der Waals surface area contributed by atoms with Crippen LogP contribution in [0.1, 0.15) is 34.5 Å². The number of nitrogens with zero attached hydrogens (tertiary/aromatic N) is 4. The SMILES string of the molecule is Cc1ccc(C#N)c(N2C[C@@H]3[C@H](CNC(=O)c4cccnc4)[C@H]4CC[C@]3(C2)O4)n1. The van der Waals surface area contributed by atoms with E-state index in [4.69, 9.17) is 4.74 Å². The maximum atomic E-state index is 12.5. The van der Waals surface area contributed by atoms with Gasteiger partial charge in [0.1, 0.15) is 11.9 Å². The van der Waals surface area contributed by atoms with Crippen LogP contribution in [-0.4, -0.2) is 47.2 Å². The second kappa shape index (κ2) is 6.82. The number of aryl methyl sites for hydroxylation is 1. The Kier molecular flexibility index (Phi) is 4.25. The molecule has 0 aliphatic carbocycles. The van der Waals surface area contributed by atoms with E-state index >= 15 is 0 Å². The summed E-state index contributed by atoms with van der Waals surface area (Å²) in [6.07, 6.45) is 5.48. The van der Waals surface area contributed by atoms with E-state index in [1.165, 1.54) is 0 Å². The van der Waals surface area contributed by atoms with Crippen molar-refractivity contribution in [3.05, 3.63) is 53.5 Å². The number of hydrogen-bond donors (Lipinski definition) is 1. The number of anilines is 1. The normalized spacial score (nSPS) is 29.5. The first-order valence-corrected chi connectivity index (χ1v) is 10.1. The Morgan fingerprint density at radius 2 is 2.34 bits per heavy atom. The van der Waals surface area contributed by atoms with Crippen molar-refractivity contribution >= 4 is 11.7 Å². The van der Waals surface area contributed by atoms with Crippen LogP contribution in [-0.2, 0) is 4.74 Å². The van der Waals surface area contributed by atoms with Crippen molar-refractivity contribution in [3.63, 3.8) is 0 Å². The molecule has 3 fully saturated rings. The molecule has 2 aromatic heterocycles. The summed E-state index contributed by atoms with van der Waals surface area (Å²) < 4.78 is 6.47. The Hall–Kier alpha value is -2.98. The summed E-state index contributed by atoms with van der Waals surface area (Å²) in [5, 5.41) is 12.6. The zero-order valence-electron chi connectivity index (χ0n) is 16.3. The highest BCUT2D eigenvalue weighted by Crippen LogP contribution is 2.55. The van der Waals surface area contributed by atoms with Crippen LogP contribution in [0.2, 0.25) is 0 Å². The van der Waals surface area contributed by atoms with Gasteiger partial charge in [0.15, 0.2) is 0 Å². The van der Waals surface area contributed by atoms with Crippen LogP contribution in [0, 0.1) is 30.1 Å². The quantitative estimate of drug-likeness (QED) is 0.861. The monoisotopic (exact) mass is 389 g/mol. The molecule has 3 aliphatic rings. The molecule has 29 heavy (non-hydrogen) atoms. The van der Waals surface area contributed by atoms with E-state index in [-0.39, 0.29) is 23.5 Å². The lowest BCUT2D eigenvalue weighted by Gasteiger charge is -2.29. The van der Waals surface area contributed by atoms with Crippen LogP contribution >= 0.6 is 0 Å². The van der Waals surface area contributed by atoms with Gasteiger partial charge in [0.2, 0.25) is 0 Å². The summed E-state index contributed by atoms with van der Waals surface area (Å²) in [6.45, 7) is 4.09. The van der Waals surface area contributed by atoms with Gasteiger partial charge < -0.3 is 15.0 Å². The molecule has 0 unspecified atom stereocenters. The van der Waals surface area contributed by atoms with E-state index in [0.29, 0.717) is 23.6 Å². The Morgan fingerprint density at radius 3 is 3.14 bits per heavy atom. The number of hydrogen-bond acceptors (Lipinski definition) is 6. The topological polar surface area (TPSA) is 91.1 Å². The third-order valence-corrected chi connectivity index (χ3v) is 6.64. The number of nitriles is 1. The first-order chi connectivity index (χ1) is 14.1. The van der Waals surface area contributed by atoms with Gasteiger partial charge >= 0.3 is 0 Å². The fraction of sp³-hybridized carbons (Fsp3) is 0.455. The number of rotatable bonds is 4.